The predicted molar refractivity (Wildman–Crippen MR) is 70.6 cm³/mol. The second-order valence-electron chi connectivity index (χ2n) is 4.75. The van der Waals surface area contributed by atoms with Gasteiger partial charge in [-0.25, -0.2) is 4.79 Å². The number of morpholine rings is 1. The highest BCUT2D eigenvalue weighted by atomic mass is 16.5. The van der Waals surface area contributed by atoms with Gasteiger partial charge in [-0.1, -0.05) is 0 Å². The summed E-state index contributed by atoms with van der Waals surface area (Å²) >= 11 is 0. The van der Waals surface area contributed by atoms with E-state index in [1.165, 1.54) is 0 Å². The third kappa shape index (κ3) is 3.45. The van der Waals surface area contributed by atoms with Crippen molar-refractivity contribution in [3.05, 3.63) is 29.3 Å². The molecule has 0 aromatic heterocycles. The molecule has 5 nitrogen and oxygen atoms in total. The Hall–Kier alpha value is -1.59. The zero-order valence-corrected chi connectivity index (χ0v) is 11.3. The normalized spacial score (nSPS) is 20.2. The molecule has 0 amide bonds. The number of hydrogen-bond donors (Lipinski definition) is 1. The van der Waals surface area contributed by atoms with E-state index in [2.05, 4.69) is 4.90 Å². The van der Waals surface area contributed by atoms with E-state index in [1.807, 2.05) is 6.92 Å². The summed E-state index contributed by atoms with van der Waals surface area (Å²) in [7, 11) is 1.60. The van der Waals surface area contributed by atoms with Crippen LogP contribution in [0.2, 0.25) is 0 Å². The molecule has 104 valence electrons. The Morgan fingerprint density at radius 1 is 1.58 bits per heavy atom. The molecule has 0 radical (unpaired) electrons. The van der Waals surface area contributed by atoms with Gasteiger partial charge in [0.15, 0.2) is 0 Å². The summed E-state index contributed by atoms with van der Waals surface area (Å²) in [6, 6.07) is 4.95. The molecule has 1 fully saturated rings. The van der Waals surface area contributed by atoms with Gasteiger partial charge < -0.3 is 14.6 Å². The molecule has 1 aliphatic heterocycles. The Bertz CT molecular complexity index is 461. The van der Waals surface area contributed by atoms with Gasteiger partial charge in [0.1, 0.15) is 5.75 Å². The van der Waals surface area contributed by atoms with Crippen LogP contribution in [-0.2, 0) is 11.3 Å². The molecule has 0 saturated carbocycles. The molecule has 5 heteroatoms. The average molecular weight is 265 g/mol. The van der Waals surface area contributed by atoms with Gasteiger partial charge in [0.25, 0.3) is 0 Å². The van der Waals surface area contributed by atoms with Gasteiger partial charge in [-0.05, 0) is 25.1 Å². The number of carboxylic acids is 1. The molecule has 1 saturated heterocycles. The van der Waals surface area contributed by atoms with Crippen LogP contribution in [0.4, 0.5) is 0 Å². The number of carbonyl (C=O) groups is 1. The zero-order valence-electron chi connectivity index (χ0n) is 11.3. The van der Waals surface area contributed by atoms with Crippen molar-refractivity contribution in [1.82, 2.24) is 4.90 Å². The predicted octanol–water partition coefficient (Wildman–Crippen LogP) is 1.61. The lowest BCUT2D eigenvalue weighted by atomic mass is 10.1. The van der Waals surface area contributed by atoms with E-state index < -0.39 is 5.97 Å². The number of nitrogens with zero attached hydrogens (tertiary/aromatic N) is 1. The highest BCUT2D eigenvalue weighted by Crippen LogP contribution is 2.22. The minimum absolute atomic E-state index is 0.211. The first-order valence-corrected chi connectivity index (χ1v) is 6.34. The highest BCUT2D eigenvalue weighted by molar-refractivity contribution is 5.88. The molecule has 0 aliphatic carbocycles. The van der Waals surface area contributed by atoms with Crippen LogP contribution in [0.1, 0.15) is 22.8 Å². The molecule has 1 aromatic rings. The lowest BCUT2D eigenvalue weighted by Gasteiger charge is -2.31. The smallest absolute Gasteiger partial charge is 0.335 e. The third-order valence-electron chi connectivity index (χ3n) is 3.25. The van der Waals surface area contributed by atoms with E-state index in [9.17, 15) is 4.79 Å². The van der Waals surface area contributed by atoms with Gasteiger partial charge in [-0.3, -0.25) is 4.90 Å². The van der Waals surface area contributed by atoms with E-state index in [0.29, 0.717) is 13.2 Å². The molecule has 2 rings (SSSR count). The first-order chi connectivity index (χ1) is 9.10. The molecular formula is C14H19NO4. The third-order valence-corrected chi connectivity index (χ3v) is 3.25. The lowest BCUT2D eigenvalue weighted by molar-refractivity contribution is -0.0214. The van der Waals surface area contributed by atoms with Gasteiger partial charge in [0, 0.05) is 25.2 Å². The van der Waals surface area contributed by atoms with Crippen molar-refractivity contribution in [2.45, 2.75) is 19.6 Å². The molecule has 1 unspecified atom stereocenters. The second-order valence-corrected chi connectivity index (χ2v) is 4.75. The number of carboxylic acid groups (broad SMARTS) is 1. The largest absolute Gasteiger partial charge is 0.496 e. The van der Waals surface area contributed by atoms with Crippen LogP contribution in [0.3, 0.4) is 0 Å². The molecule has 0 spiro atoms. The van der Waals surface area contributed by atoms with Crippen molar-refractivity contribution < 1.29 is 19.4 Å². The topological polar surface area (TPSA) is 59.0 Å². The van der Waals surface area contributed by atoms with Crippen LogP contribution in [0.25, 0.3) is 0 Å². The lowest BCUT2D eigenvalue weighted by Crippen LogP contribution is -2.40. The summed E-state index contributed by atoms with van der Waals surface area (Å²) in [6.45, 7) is 5.13. The molecule has 1 N–H and O–H groups in total. The first kappa shape index (κ1) is 13.8. The van der Waals surface area contributed by atoms with Crippen LogP contribution < -0.4 is 4.74 Å². The minimum Gasteiger partial charge on any atom is -0.496 e. The Morgan fingerprint density at radius 2 is 2.37 bits per heavy atom. The molecule has 19 heavy (non-hydrogen) atoms. The molecule has 1 aliphatic rings. The zero-order chi connectivity index (χ0) is 13.8. The number of benzene rings is 1. The Labute approximate surface area is 112 Å². The van der Waals surface area contributed by atoms with Crippen LogP contribution >= 0.6 is 0 Å². The van der Waals surface area contributed by atoms with E-state index >= 15 is 0 Å². The fraction of sp³-hybridized carbons (Fsp3) is 0.500. The summed E-state index contributed by atoms with van der Waals surface area (Å²) in [4.78, 5) is 13.3. The number of aromatic carboxylic acids is 1. The van der Waals surface area contributed by atoms with Crippen molar-refractivity contribution >= 4 is 5.97 Å². The van der Waals surface area contributed by atoms with Crippen LogP contribution in [0, 0.1) is 0 Å². The second kappa shape index (κ2) is 6.04. The molecule has 1 heterocycles. The van der Waals surface area contributed by atoms with Crippen molar-refractivity contribution in [3.8, 4) is 5.75 Å². The number of ether oxygens (including phenoxy) is 2. The fourth-order valence-corrected chi connectivity index (χ4v) is 2.31. The Kier molecular flexibility index (Phi) is 4.39. The monoisotopic (exact) mass is 265 g/mol. The van der Waals surface area contributed by atoms with Crippen LogP contribution in [0.5, 0.6) is 5.75 Å². The van der Waals surface area contributed by atoms with E-state index in [4.69, 9.17) is 14.6 Å². The number of hydrogen-bond acceptors (Lipinski definition) is 4. The maximum atomic E-state index is 11.0. The fourth-order valence-electron chi connectivity index (χ4n) is 2.31. The molecule has 1 aromatic carbocycles. The summed E-state index contributed by atoms with van der Waals surface area (Å²) in [5.41, 5.74) is 1.19. The molecule has 0 bridgehead atoms. The number of methoxy groups -OCH3 is 1. The Balaban J connectivity index is 2.17. The summed E-state index contributed by atoms with van der Waals surface area (Å²) in [5, 5.41) is 9.05. The van der Waals surface area contributed by atoms with Crippen molar-refractivity contribution in [1.29, 1.82) is 0 Å². The first-order valence-electron chi connectivity index (χ1n) is 6.34. The van der Waals surface area contributed by atoms with Crippen LogP contribution in [0.15, 0.2) is 18.2 Å². The summed E-state index contributed by atoms with van der Waals surface area (Å²) in [5.74, 6) is -0.191. The maximum absolute atomic E-state index is 11.0. The maximum Gasteiger partial charge on any atom is 0.335 e. The summed E-state index contributed by atoms with van der Waals surface area (Å²) < 4.78 is 10.8. The SMILES string of the molecule is COc1ccc(C(=O)O)cc1CN1CCOC(C)C1. The molecular weight excluding hydrogens is 246 g/mol. The van der Waals surface area contributed by atoms with Crippen molar-refractivity contribution in [2.24, 2.45) is 0 Å². The van der Waals surface area contributed by atoms with E-state index in [0.717, 1.165) is 24.4 Å². The Morgan fingerprint density at radius 3 is 3.00 bits per heavy atom. The number of rotatable bonds is 4. The average Bonchev–Trinajstić information content (AvgIpc) is 2.38. The van der Waals surface area contributed by atoms with Gasteiger partial charge in [0.05, 0.1) is 25.4 Å². The van der Waals surface area contributed by atoms with Crippen molar-refractivity contribution in [2.75, 3.05) is 26.8 Å². The minimum atomic E-state index is -0.917. The van der Waals surface area contributed by atoms with Gasteiger partial charge in [0.2, 0.25) is 0 Å². The van der Waals surface area contributed by atoms with Gasteiger partial charge in [-0.15, -0.1) is 0 Å². The van der Waals surface area contributed by atoms with Gasteiger partial charge in [-0.2, -0.15) is 0 Å². The summed E-state index contributed by atoms with van der Waals surface area (Å²) in [6.07, 6.45) is 0.211. The van der Waals surface area contributed by atoms with Gasteiger partial charge >= 0.3 is 5.97 Å². The van der Waals surface area contributed by atoms with Crippen molar-refractivity contribution in [3.63, 3.8) is 0 Å². The standard InChI is InChI=1S/C14H19NO4/c1-10-8-15(5-6-19-10)9-12-7-11(14(16)17)3-4-13(12)18-2/h3-4,7,10H,5-6,8-9H2,1-2H3,(H,16,17). The van der Waals surface area contributed by atoms with E-state index in [1.54, 1.807) is 25.3 Å². The van der Waals surface area contributed by atoms with Crippen LogP contribution in [-0.4, -0.2) is 48.9 Å². The quantitative estimate of drug-likeness (QED) is 0.896. The van der Waals surface area contributed by atoms with E-state index in [-0.39, 0.29) is 11.7 Å². The molecule has 1 atom stereocenters. The highest BCUT2D eigenvalue weighted by Gasteiger charge is 2.18.